The molecule has 1 saturated heterocycles. The van der Waals surface area contributed by atoms with E-state index < -0.39 is 0 Å². The van der Waals surface area contributed by atoms with Gasteiger partial charge in [-0.2, -0.15) is 0 Å². The fourth-order valence-electron chi connectivity index (χ4n) is 2.83. The van der Waals surface area contributed by atoms with Crippen molar-refractivity contribution in [1.29, 1.82) is 0 Å². The van der Waals surface area contributed by atoms with Crippen LogP contribution in [0.25, 0.3) is 0 Å². The second-order valence-corrected chi connectivity index (χ2v) is 6.00. The zero-order chi connectivity index (χ0) is 10.3. The minimum absolute atomic E-state index is 0.867. The highest BCUT2D eigenvalue weighted by atomic mass is 15.0. The van der Waals surface area contributed by atoms with Gasteiger partial charge in [0.1, 0.15) is 0 Å². The van der Waals surface area contributed by atoms with Crippen LogP contribution >= 0.6 is 0 Å². The summed E-state index contributed by atoms with van der Waals surface area (Å²) in [5.41, 5.74) is 0. The van der Waals surface area contributed by atoms with Gasteiger partial charge in [0.05, 0.1) is 0 Å². The standard InChI is InChI=1S/C13H24N2/c1-9(12-7-14-8-12)6-15-13(10-2-3-10)11-4-5-11/h9-15H,2-8H2,1H3. The van der Waals surface area contributed by atoms with E-state index >= 15 is 0 Å². The molecule has 15 heavy (non-hydrogen) atoms. The minimum atomic E-state index is 0.867. The van der Waals surface area contributed by atoms with Crippen molar-refractivity contribution < 1.29 is 0 Å². The quantitative estimate of drug-likeness (QED) is 0.693. The van der Waals surface area contributed by atoms with E-state index in [2.05, 4.69) is 17.6 Å². The van der Waals surface area contributed by atoms with E-state index in [0.717, 1.165) is 29.7 Å². The van der Waals surface area contributed by atoms with Gasteiger partial charge < -0.3 is 10.6 Å². The van der Waals surface area contributed by atoms with Crippen LogP contribution in [0.3, 0.4) is 0 Å². The first kappa shape index (κ1) is 10.1. The molecule has 0 spiro atoms. The average Bonchev–Trinajstić information content (AvgIpc) is 2.97. The Bertz CT molecular complexity index is 205. The predicted molar refractivity (Wildman–Crippen MR) is 62.8 cm³/mol. The number of hydrogen-bond donors (Lipinski definition) is 2. The first-order chi connectivity index (χ1) is 7.34. The molecule has 1 unspecified atom stereocenters. The van der Waals surface area contributed by atoms with Crippen molar-refractivity contribution in [3.05, 3.63) is 0 Å². The lowest BCUT2D eigenvalue weighted by molar-refractivity contribution is 0.231. The predicted octanol–water partition coefficient (Wildman–Crippen LogP) is 1.62. The van der Waals surface area contributed by atoms with Crippen LogP contribution in [-0.4, -0.2) is 25.7 Å². The average molecular weight is 208 g/mol. The van der Waals surface area contributed by atoms with Crippen LogP contribution in [0, 0.1) is 23.7 Å². The van der Waals surface area contributed by atoms with Gasteiger partial charge in [-0.05, 0) is 69.0 Å². The monoisotopic (exact) mass is 208 g/mol. The molecule has 0 aromatic carbocycles. The summed E-state index contributed by atoms with van der Waals surface area (Å²) in [6, 6.07) is 0.889. The molecule has 3 aliphatic rings. The smallest absolute Gasteiger partial charge is 0.0124 e. The summed E-state index contributed by atoms with van der Waals surface area (Å²) >= 11 is 0. The Morgan fingerprint density at radius 2 is 1.67 bits per heavy atom. The van der Waals surface area contributed by atoms with Gasteiger partial charge in [-0.25, -0.2) is 0 Å². The first-order valence-corrected chi connectivity index (χ1v) is 6.78. The van der Waals surface area contributed by atoms with Gasteiger partial charge in [-0.3, -0.25) is 0 Å². The number of nitrogens with one attached hydrogen (secondary N) is 2. The summed E-state index contributed by atoms with van der Waals surface area (Å²) in [6.45, 7) is 6.17. The van der Waals surface area contributed by atoms with E-state index in [1.807, 2.05) is 0 Å². The molecule has 2 heteroatoms. The van der Waals surface area contributed by atoms with Gasteiger partial charge in [0.15, 0.2) is 0 Å². The summed E-state index contributed by atoms with van der Waals surface area (Å²) in [6.07, 6.45) is 5.97. The Morgan fingerprint density at radius 1 is 1.07 bits per heavy atom. The largest absolute Gasteiger partial charge is 0.316 e. The minimum Gasteiger partial charge on any atom is -0.316 e. The number of hydrogen-bond acceptors (Lipinski definition) is 2. The molecule has 0 aromatic rings. The van der Waals surface area contributed by atoms with Crippen LogP contribution in [-0.2, 0) is 0 Å². The lowest BCUT2D eigenvalue weighted by Crippen LogP contribution is -2.49. The Labute approximate surface area is 93.2 Å². The maximum absolute atomic E-state index is 3.86. The van der Waals surface area contributed by atoms with Crippen molar-refractivity contribution in [2.24, 2.45) is 23.7 Å². The van der Waals surface area contributed by atoms with E-state index in [4.69, 9.17) is 0 Å². The van der Waals surface area contributed by atoms with Crippen molar-refractivity contribution in [3.8, 4) is 0 Å². The molecule has 86 valence electrons. The molecular formula is C13H24N2. The van der Waals surface area contributed by atoms with Gasteiger partial charge in [-0.15, -0.1) is 0 Å². The van der Waals surface area contributed by atoms with Crippen molar-refractivity contribution in [2.45, 2.75) is 38.6 Å². The van der Waals surface area contributed by atoms with Gasteiger partial charge in [0, 0.05) is 6.04 Å². The van der Waals surface area contributed by atoms with Crippen molar-refractivity contribution in [3.63, 3.8) is 0 Å². The second-order valence-electron chi connectivity index (χ2n) is 6.00. The van der Waals surface area contributed by atoms with Crippen LogP contribution in [0.5, 0.6) is 0 Å². The van der Waals surface area contributed by atoms with Crippen molar-refractivity contribution in [2.75, 3.05) is 19.6 Å². The Morgan fingerprint density at radius 3 is 2.07 bits per heavy atom. The molecule has 1 aliphatic heterocycles. The Kier molecular flexibility index (Phi) is 2.73. The third kappa shape index (κ3) is 2.36. The topological polar surface area (TPSA) is 24.1 Å². The van der Waals surface area contributed by atoms with Crippen molar-refractivity contribution in [1.82, 2.24) is 10.6 Å². The van der Waals surface area contributed by atoms with E-state index in [-0.39, 0.29) is 0 Å². The zero-order valence-electron chi connectivity index (χ0n) is 9.84. The third-order valence-corrected chi connectivity index (χ3v) is 4.55. The molecule has 0 aromatic heterocycles. The maximum Gasteiger partial charge on any atom is 0.0124 e. The van der Waals surface area contributed by atoms with Gasteiger partial charge in [0.25, 0.3) is 0 Å². The van der Waals surface area contributed by atoms with Crippen LogP contribution < -0.4 is 10.6 Å². The van der Waals surface area contributed by atoms with Crippen LogP contribution in [0.2, 0.25) is 0 Å². The van der Waals surface area contributed by atoms with Gasteiger partial charge >= 0.3 is 0 Å². The molecule has 2 N–H and O–H groups in total. The molecule has 0 amide bonds. The maximum atomic E-state index is 3.86. The number of rotatable bonds is 6. The highest BCUT2D eigenvalue weighted by Gasteiger charge is 2.41. The summed E-state index contributed by atoms with van der Waals surface area (Å²) in [5.74, 6) is 3.90. The fourth-order valence-corrected chi connectivity index (χ4v) is 2.83. The Hall–Kier alpha value is -0.0800. The third-order valence-electron chi connectivity index (χ3n) is 4.55. The van der Waals surface area contributed by atoms with E-state index in [1.54, 1.807) is 0 Å². The molecule has 0 bridgehead atoms. The molecule has 3 fully saturated rings. The van der Waals surface area contributed by atoms with Crippen LogP contribution in [0.15, 0.2) is 0 Å². The molecular weight excluding hydrogens is 184 g/mol. The van der Waals surface area contributed by atoms with E-state index in [9.17, 15) is 0 Å². The van der Waals surface area contributed by atoms with Crippen molar-refractivity contribution >= 4 is 0 Å². The Balaban J connectivity index is 1.42. The molecule has 3 rings (SSSR count). The van der Waals surface area contributed by atoms with E-state index in [0.29, 0.717) is 0 Å². The highest BCUT2D eigenvalue weighted by molar-refractivity contribution is 4.96. The SMILES string of the molecule is CC(CNC(C1CC1)C1CC1)C1CNC1. The molecule has 2 saturated carbocycles. The second kappa shape index (κ2) is 4.06. The summed E-state index contributed by atoms with van der Waals surface area (Å²) in [4.78, 5) is 0. The lowest BCUT2D eigenvalue weighted by atomic mass is 9.88. The first-order valence-electron chi connectivity index (χ1n) is 6.78. The molecule has 2 nitrogen and oxygen atoms in total. The fraction of sp³-hybridized carbons (Fsp3) is 1.00. The molecule has 1 heterocycles. The zero-order valence-corrected chi connectivity index (χ0v) is 9.84. The summed E-state index contributed by atoms with van der Waals surface area (Å²) < 4.78 is 0. The lowest BCUT2D eigenvalue weighted by Gasteiger charge is -2.33. The summed E-state index contributed by atoms with van der Waals surface area (Å²) in [7, 11) is 0. The van der Waals surface area contributed by atoms with Gasteiger partial charge in [-0.1, -0.05) is 6.92 Å². The van der Waals surface area contributed by atoms with Crippen LogP contribution in [0.4, 0.5) is 0 Å². The van der Waals surface area contributed by atoms with E-state index in [1.165, 1.54) is 45.3 Å². The van der Waals surface area contributed by atoms with Gasteiger partial charge in [0.2, 0.25) is 0 Å². The normalized spacial score (nSPS) is 29.2. The molecule has 2 aliphatic carbocycles. The molecule has 0 radical (unpaired) electrons. The highest BCUT2D eigenvalue weighted by Crippen LogP contribution is 2.44. The summed E-state index contributed by atoms with van der Waals surface area (Å²) in [5, 5.41) is 7.24. The molecule has 1 atom stereocenters. The van der Waals surface area contributed by atoms with Crippen LogP contribution in [0.1, 0.15) is 32.6 Å².